The summed E-state index contributed by atoms with van der Waals surface area (Å²) in [7, 11) is 1.83. The van der Waals surface area contributed by atoms with E-state index in [0.717, 1.165) is 68.9 Å². The molecule has 1 N–H and O–H groups in total. The molecule has 1 aliphatic rings. The molecular weight excluding hydrogens is 519 g/mol. The fourth-order valence-corrected chi connectivity index (χ4v) is 3.55. The van der Waals surface area contributed by atoms with Crippen molar-refractivity contribution in [2.45, 2.75) is 19.8 Å². The number of piperazine rings is 1. The molecule has 2 aromatic heterocycles. The van der Waals surface area contributed by atoms with Crippen LogP contribution in [0.1, 0.15) is 18.3 Å². The molecule has 0 aliphatic carbocycles. The minimum Gasteiger partial charge on any atom is -0.356 e. The van der Waals surface area contributed by atoms with Crippen LogP contribution in [-0.2, 0) is 12.8 Å². The number of anilines is 1. The van der Waals surface area contributed by atoms with Gasteiger partial charge in [0.25, 0.3) is 5.89 Å². The van der Waals surface area contributed by atoms with E-state index >= 15 is 0 Å². The van der Waals surface area contributed by atoms with Crippen molar-refractivity contribution in [1.82, 2.24) is 30.3 Å². The lowest BCUT2D eigenvalue weighted by Gasteiger charge is -2.36. The molecule has 32 heavy (non-hydrogen) atoms. The maximum Gasteiger partial charge on any atom is 0.257 e. The molecule has 10 heteroatoms. The molecule has 9 nitrogen and oxygen atoms in total. The predicted molar refractivity (Wildman–Crippen MR) is 135 cm³/mol. The van der Waals surface area contributed by atoms with Crippen LogP contribution in [0, 0.1) is 0 Å². The van der Waals surface area contributed by atoms with Crippen LogP contribution in [0.4, 0.5) is 5.95 Å². The molecule has 3 aromatic rings. The van der Waals surface area contributed by atoms with E-state index in [4.69, 9.17) is 4.52 Å². The van der Waals surface area contributed by atoms with E-state index < -0.39 is 0 Å². The normalized spacial score (nSPS) is 14.2. The van der Waals surface area contributed by atoms with E-state index in [-0.39, 0.29) is 24.0 Å². The second-order valence-corrected chi connectivity index (χ2v) is 7.31. The Bertz CT molecular complexity index is 985. The highest BCUT2D eigenvalue weighted by Crippen LogP contribution is 2.18. The van der Waals surface area contributed by atoms with Gasteiger partial charge in [0.1, 0.15) is 0 Å². The van der Waals surface area contributed by atoms with Gasteiger partial charge in [-0.1, -0.05) is 24.2 Å². The van der Waals surface area contributed by atoms with Crippen molar-refractivity contribution in [1.29, 1.82) is 0 Å². The lowest BCUT2D eigenvalue weighted by Crippen LogP contribution is -2.53. The highest BCUT2D eigenvalue weighted by Gasteiger charge is 2.20. The lowest BCUT2D eigenvalue weighted by atomic mass is 10.1. The predicted octanol–water partition coefficient (Wildman–Crippen LogP) is 2.65. The summed E-state index contributed by atoms with van der Waals surface area (Å²) < 4.78 is 5.31. The van der Waals surface area contributed by atoms with Crippen molar-refractivity contribution in [3.63, 3.8) is 0 Å². The van der Waals surface area contributed by atoms with E-state index in [1.165, 1.54) is 5.56 Å². The Morgan fingerprint density at radius 3 is 2.44 bits per heavy atom. The Hall–Kier alpha value is -2.76. The summed E-state index contributed by atoms with van der Waals surface area (Å²) in [4.78, 5) is 22.0. The van der Waals surface area contributed by atoms with Crippen LogP contribution in [-0.4, -0.2) is 70.7 Å². The number of nitrogens with one attached hydrogen (secondary N) is 1. The summed E-state index contributed by atoms with van der Waals surface area (Å²) in [6.45, 7) is 6.35. The number of nitrogens with zero attached hydrogens (tertiary/aromatic N) is 7. The molecule has 1 aromatic carbocycles. The van der Waals surface area contributed by atoms with Crippen LogP contribution < -0.4 is 10.2 Å². The lowest BCUT2D eigenvalue weighted by molar-refractivity contribution is 0.370. The first-order chi connectivity index (χ1) is 15.3. The fraction of sp³-hybridized carbons (Fsp3) is 0.409. The molecule has 170 valence electrons. The van der Waals surface area contributed by atoms with E-state index in [0.29, 0.717) is 5.89 Å². The van der Waals surface area contributed by atoms with Gasteiger partial charge in [0.15, 0.2) is 11.8 Å². The molecule has 1 saturated heterocycles. The molecule has 1 fully saturated rings. The first kappa shape index (κ1) is 23.9. The molecule has 3 heterocycles. The molecule has 0 radical (unpaired) electrons. The highest BCUT2D eigenvalue weighted by molar-refractivity contribution is 14.0. The van der Waals surface area contributed by atoms with Crippen molar-refractivity contribution in [2.24, 2.45) is 4.99 Å². The summed E-state index contributed by atoms with van der Waals surface area (Å²) in [5.74, 6) is 3.02. The Morgan fingerprint density at radius 2 is 1.81 bits per heavy atom. The number of aryl methyl sites for hydroxylation is 1. The van der Waals surface area contributed by atoms with Gasteiger partial charge in [-0.15, -0.1) is 24.0 Å². The molecule has 0 bridgehead atoms. The zero-order valence-corrected chi connectivity index (χ0v) is 20.8. The van der Waals surface area contributed by atoms with E-state index in [2.05, 4.69) is 52.4 Å². The van der Waals surface area contributed by atoms with Gasteiger partial charge in [-0.05, 0) is 30.2 Å². The van der Waals surface area contributed by atoms with Crippen molar-refractivity contribution in [2.75, 3.05) is 44.7 Å². The summed E-state index contributed by atoms with van der Waals surface area (Å²) in [5.41, 5.74) is 2.19. The third-order valence-corrected chi connectivity index (χ3v) is 5.31. The minimum atomic E-state index is 0. The van der Waals surface area contributed by atoms with Gasteiger partial charge in [0.05, 0.1) is 0 Å². The van der Waals surface area contributed by atoms with E-state index in [1.54, 1.807) is 12.4 Å². The molecule has 0 saturated carbocycles. The Morgan fingerprint density at radius 1 is 1.09 bits per heavy atom. The molecule has 0 unspecified atom stereocenters. The first-order valence-electron chi connectivity index (χ1n) is 10.7. The number of rotatable bonds is 6. The maximum atomic E-state index is 5.31. The SMILES string of the molecule is CCc1noc(-c2ccc(CCNC(=NC)N3CCN(c4ncccn4)CC3)cc2)n1.I. The van der Waals surface area contributed by atoms with Gasteiger partial charge in [-0.2, -0.15) is 4.98 Å². The number of halogens is 1. The Labute approximate surface area is 205 Å². The van der Waals surface area contributed by atoms with Gasteiger partial charge in [-0.3, -0.25) is 4.99 Å². The summed E-state index contributed by atoms with van der Waals surface area (Å²) in [5, 5.41) is 7.44. The van der Waals surface area contributed by atoms with Gasteiger partial charge < -0.3 is 19.6 Å². The van der Waals surface area contributed by atoms with Crippen LogP contribution in [0.5, 0.6) is 0 Å². The second-order valence-electron chi connectivity index (χ2n) is 7.31. The standard InChI is InChI=1S/C22H28N8O.HI/c1-3-19-27-20(31-28-19)18-7-5-17(6-8-18)9-12-26-21(23-2)29-13-15-30(16-14-29)22-24-10-4-11-25-22;/h4-8,10-11H,3,9,12-16H2,1-2H3,(H,23,26);1H. The molecule has 0 atom stereocenters. The smallest absolute Gasteiger partial charge is 0.257 e. The van der Waals surface area contributed by atoms with E-state index in [1.807, 2.05) is 32.2 Å². The largest absolute Gasteiger partial charge is 0.356 e. The van der Waals surface area contributed by atoms with Crippen LogP contribution in [0.3, 0.4) is 0 Å². The monoisotopic (exact) mass is 548 g/mol. The summed E-state index contributed by atoms with van der Waals surface area (Å²) in [6.07, 6.45) is 5.24. The summed E-state index contributed by atoms with van der Waals surface area (Å²) >= 11 is 0. The molecule has 1 aliphatic heterocycles. The maximum absolute atomic E-state index is 5.31. The number of aromatic nitrogens is 4. The number of hydrogen-bond acceptors (Lipinski definition) is 7. The molecule has 0 amide bonds. The average molecular weight is 548 g/mol. The van der Waals surface area contributed by atoms with Gasteiger partial charge in [-0.25, -0.2) is 9.97 Å². The van der Waals surface area contributed by atoms with Crippen molar-refractivity contribution >= 4 is 35.9 Å². The quantitative estimate of drug-likeness (QED) is 0.286. The molecular formula is C22H29IN8O. The van der Waals surface area contributed by atoms with Crippen LogP contribution in [0.15, 0.2) is 52.2 Å². The van der Waals surface area contributed by atoms with Crippen LogP contribution >= 0.6 is 24.0 Å². The van der Waals surface area contributed by atoms with Gasteiger partial charge >= 0.3 is 0 Å². The minimum absolute atomic E-state index is 0. The van der Waals surface area contributed by atoms with Gasteiger partial charge in [0, 0.05) is 64.1 Å². The number of benzene rings is 1. The third kappa shape index (κ3) is 5.93. The van der Waals surface area contributed by atoms with Crippen molar-refractivity contribution < 1.29 is 4.52 Å². The number of aliphatic imine (C=N–C) groups is 1. The van der Waals surface area contributed by atoms with Crippen LogP contribution in [0.2, 0.25) is 0 Å². The van der Waals surface area contributed by atoms with Crippen LogP contribution in [0.25, 0.3) is 11.5 Å². The fourth-order valence-electron chi connectivity index (χ4n) is 3.55. The molecule has 4 rings (SSSR count). The van der Waals surface area contributed by atoms with Crippen molar-refractivity contribution in [3.8, 4) is 11.5 Å². The Kier molecular flexibility index (Phi) is 8.77. The molecule has 0 spiro atoms. The third-order valence-electron chi connectivity index (χ3n) is 5.31. The number of hydrogen-bond donors (Lipinski definition) is 1. The topological polar surface area (TPSA) is 95.6 Å². The summed E-state index contributed by atoms with van der Waals surface area (Å²) in [6, 6.07) is 10.1. The first-order valence-corrected chi connectivity index (χ1v) is 10.7. The zero-order valence-electron chi connectivity index (χ0n) is 18.4. The highest BCUT2D eigenvalue weighted by atomic mass is 127. The van der Waals surface area contributed by atoms with Crippen molar-refractivity contribution in [3.05, 3.63) is 54.1 Å². The zero-order chi connectivity index (χ0) is 21.5. The Balaban J connectivity index is 0.00000289. The van der Waals surface area contributed by atoms with Gasteiger partial charge in [0.2, 0.25) is 5.95 Å². The number of guanidine groups is 1. The van der Waals surface area contributed by atoms with E-state index in [9.17, 15) is 0 Å². The second kappa shape index (κ2) is 11.7. The average Bonchev–Trinajstić information content (AvgIpc) is 3.32.